The first kappa shape index (κ1) is 12.7. The van der Waals surface area contributed by atoms with Crippen LogP contribution in [0.25, 0.3) is 0 Å². The number of benzene rings is 1. The van der Waals surface area contributed by atoms with E-state index >= 15 is 0 Å². The van der Waals surface area contributed by atoms with Gasteiger partial charge < -0.3 is 5.32 Å². The Morgan fingerprint density at radius 2 is 2.12 bits per heavy atom. The van der Waals surface area contributed by atoms with E-state index in [1.165, 1.54) is 21.7 Å². The first-order valence-corrected chi connectivity index (χ1v) is 7.43. The summed E-state index contributed by atoms with van der Waals surface area (Å²) in [6, 6.07) is 8.59. The van der Waals surface area contributed by atoms with Crippen molar-refractivity contribution in [2.75, 3.05) is 5.32 Å². The lowest BCUT2D eigenvalue weighted by Gasteiger charge is -2.11. The predicted molar refractivity (Wildman–Crippen MR) is 79.9 cm³/mol. The number of hydrogen-bond donors (Lipinski definition) is 1. The normalized spacial score (nSPS) is 10.5. The molecule has 1 nitrogen and oxygen atoms in total. The predicted octanol–water partition coefficient (Wildman–Crippen LogP) is 4.99. The van der Waals surface area contributed by atoms with Crippen molar-refractivity contribution in [2.45, 2.75) is 26.8 Å². The Kier molecular flexibility index (Phi) is 4.24. The van der Waals surface area contributed by atoms with Gasteiger partial charge in [-0.2, -0.15) is 0 Å². The van der Waals surface area contributed by atoms with Gasteiger partial charge in [-0.15, -0.1) is 11.3 Å². The Labute approximate surface area is 115 Å². The molecule has 0 unspecified atom stereocenters. The molecule has 90 valence electrons. The third kappa shape index (κ3) is 3.11. The minimum Gasteiger partial charge on any atom is -0.380 e. The molecule has 0 spiro atoms. The van der Waals surface area contributed by atoms with E-state index in [1.54, 1.807) is 0 Å². The van der Waals surface area contributed by atoms with Crippen LogP contribution in [-0.4, -0.2) is 0 Å². The van der Waals surface area contributed by atoms with Crippen molar-refractivity contribution in [3.63, 3.8) is 0 Å². The quantitative estimate of drug-likeness (QED) is 0.838. The van der Waals surface area contributed by atoms with Crippen LogP contribution in [0, 0.1) is 6.92 Å². The number of aryl methyl sites for hydroxylation is 2. The van der Waals surface area contributed by atoms with Gasteiger partial charge in [0.25, 0.3) is 0 Å². The molecule has 1 aromatic carbocycles. The van der Waals surface area contributed by atoms with E-state index in [1.807, 2.05) is 11.3 Å². The second-order valence-corrected chi connectivity index (χ2v) is 5.95. The van der Waals surface area contributed by atoms with Crippen LogP contribution in [0.3, 0.4) is 0 Å². The van der Waals surface area contributed by atoms with E-state index in [0.717, 1.165) is 17.4 Å². The smallest absolute Gasteiger partial charge is 0.0496 e. The number of nitrogens with one attached hydrogen (secondary N) is 1. The molecule has 17 heavy (non-hydrogen) atoms. The molecule has 0 aliphatic rings. The molecule has 0 bridgehead atoms. The Hall–Kier alpha value is -0.800. The van der Waals surface area contributed by atoms with Crippen molar-refractivity contribution >= 4 is 33.0 Å². The molecule has 0 amide bonds. The number of anilines is 1. The zero-order valence-corrected chi connectivity index (χ0v) is 12.5. The number of hydrogen-bond acceptors (Lipinski definition) is 2. The fourth-order valence-electron chi connectivity index (χ4n) is 1.79. The lowest BCUT2D eigenvalue weighted by Crippen LogP contribution is -2.01. The first-order valence-electron chi connectivity index (χ1n) is 5.76. The molecule has 0 aliphatic heterocycles. The van der Waals surface area contributed by atoms with Gasteiger partial charge in [0.15, 0.2) is 0 Å². The summed E-state index contributed by atoms with van der Waals surface area (Å²) in [5, 5.41) is 5.67. The Bertz CT molecular complexity index is 505. The fourth-order valence-corrected chi connectivity index (χ4v) is 3.04. The van der Waals surface area contributed by atoms with Crippen LogP contribution in [0.1, 0.15) is 22.9 Å². The van der Waals surface area contributed by atoms with Crippen LogP contribution in [0.2, 0.25) is 0 Å². The maximum absolute atomic E-state index is 3.52. The first-order chi connectivity index (χ1) is 8.20. The molecule has 2 aromatic rings. The minimum absolute atomic E-state index is 0.915. The van der Waals surface area contributed by atoms with Crippen LogP contribution in [0.15, 0.2) is 34.1 Å². The Morgan fingerprint density at radius 3 is 2.76 bits per heavy atom. The summed E-state index contributed by atoms with van der Waals surface area (Å²) in [4.78, 5) is 1.41. The monoisotopic (exact) mass is 309 g/mol. The standard InChI is InChI=1S/C14H16BrNS/c1-3-11-8-12(15)4-5-13(11)16-9-14-10(2)6-7-17-14/h4-8,16H,3,9H2,1-2H3. The number of rotatable bonds is 4. The van der Waals surface area contributed by atoms with Crippen molar-refractivity contribution in [2.24, 2.45) is 0 Å². The molecule has 0 saturated carbocycles. The molecule has 3 heteroatoms. The van der Waals surface area contributed by atoms with E-state index in [0.29, 0.717) is 0 Å². The lowest BCUT2D eigenvalue weighted by atomic mass is 10.1. The van der Waals surface area contributed by atoms with Gasteiger partial charge in [0.05, 0.1) is 0 Å². The third-order valence-corrected chi connectivity index (χ3v) is 4.37. The highest BCUT2D eigenvalue weighted by atomic mass is 79.9. The average Bonchev–Trinajstić information content (AvgIpc) is 2.73. The van der Waals surface area contributed by atoms with Gasteiger partial charge in [-0.05, 0) is 54.1 Å². The lowest BCUT2D eigenvalue weighted by molar-refractivity contribution is 1.10. The number of halogens is 1. The van der Waals surface area contributed by atoms with Crippen LogP contribution in [-0.2, 0) is 13.0 Å². The molecule has 0 fully saturated rings. The minimum atomic E-state index is 0.915. The maximum Gasteiger partial charge on any atom is 0.0496 e. The molecule has 0 atom stereocenters. The highest BCUT2D eigenvalue weighted by Gasteiger charge is 2.03. The van der Waals surface area contributed by atoms with E-state index in [-0.39, 0.29) is 0 Å². The Morgan fingerprint density at radius 1 is 1.29 bits per heavy atom. The molecule has 2 rings (SSSR count). The molecule has 1 aromatic heterocycles. The van der Waals surface area contributed by atoms with Crippen LogP contribution >= 0.6 is 27.3 Å². The van der Waals surface area contributed by atoms with Gasteiger partial charge in [0.1, 0.15) is 0 Å². The van der Waals surface area contributed by atoms with Crippen molar-refractivity contribution in [1.29, 1.82) is 0 Å². The largest absolute Gasteiger partial charge is 0.380 e. The van der Waals surface area contributed by atoms with Gasteiger partial charge in [0.2, 0.25) is 0 Å². The summed E-state index contributed by atoms with van der Waals surface area (Å²) in [5.41, 5.74) is 3.97. The second kappa shape index (κ2) is 5.69. The molecule has 0 radical (unpaired) electrons. The van der Waals surface area contributed by atoms with Crippen molar-refractivity contribution < 1.29 is 0 Å². The average molecular weight is 310 g/mol. The molecular formula is C14H16BrNS. The number of thiophene rings is 1. The van der Waals surface area contributed by atoms with Crippen molar-refractivity contribution in [1.82, 2.24) is 0 Å². The van der Waals surface area contributed by atoms with Crippen LogP contribution in [0.4, 0.5) is 5.69 Å². The Balaban J connectivity index is 2.11. The highest BCUT2D eigenvalue weighted by Crippen LogP contribution is 2.23. The highest BCUT2D eigenvalue weighted by molar-refractivity contribution is 9.10. The van der Waals surface area contributed by atoms with Crippen molar-refractivity contribution in [3.05, 3.63) is 50.1 Å². The summed E-state index contributed by atoms with van der Waals surface area (Å²) in [5.74, 6) is 0. The van der Waals surface area contributed by atoms with E-state index < -0.39 is 0 Å². The zero-order valence-electron chi connectivity index (χ0n) is 10.1. The summed E-state index contributed by atoms with van der Waals surface area (Å²) >= 11 is 5.33. The molecule has 1 heterocycles. The SMILES string of the molecule is CCc1cc(Br)ccc1NCc1sccc1C. The van der Waals surface area contributed by atoms with Gasteiger partial charge in [-0.1, -0.05) is 22.9 Å². The summed E-state index contributed by atoms with van der Waals surface area (Å²) in [6.07, 6.45) is 1.05. The van der Waals surface area contributed by atoms with Crippen LogP contribution < -0.4 is 5.32 Å². The van der Waals surface area contributed by atoms with Gasteiger partial charge in [-0.3, -0.25) is 0 Å². The topological polar surface area (TPSA) is 12.0 Å². The molecular weight excluding hydrogens is 294 g/mol. The van der Waals surface area contributed by atoms with E-state index in [9.17, 15) is 0 Å². The maximum atomic E-state index is 3.52. The third-order valence-electron chi connectivity index (χ3n) is 2.86. The van der Waals surface area contributed by atoms with Gasteiger partial charge in [0, 0.05) is 21.6 Å². The molecule has 1 N–H and O–H groups in total. The van der Waals surface area contributed by atoms with Crippen molar-refractivity contribution in [3.8, 4) is 0 Å². The zero-order chi connectivity index (χ0) is 12.3. The summed E-state index contributed by atoms with van der Waals surface area (Å²) in [7, 11) is 0. The summed E-state index contributed by atoms with van der Waals surface area (Å²) in [6.45, 7) is 5.26. The van der Waals surface area contributed by atoms with Gasteiger partial charge in [-0.25, -0.2) is 0 Å². The van der Waals surface area contributed by atoms with E-state index in [4.69, 9.17) is 0 Å². The molecule has 0 aliphatic carbocycles. The molecule has 0 saturated heterocycles. The summed E-state index contributed by atoms with van der Waals surface area (Å²) < 4.78 is 1.15. The van der Waals surface area contributed by atoms with Gasteiger partial charge >= 0.3 is 0 Å². The van der Waals surface area contributed by atoms with Crippen LogP contribution in [0.5, 0.6) is 0 Å². The second-order valence-electron chi connectivity index (χ2n) is 4.04. The fraction of sp³-hybridized carbons (Fsp3) is 0.286. The van der Waals surface area contributed by atoms with E-state index in [2.05, 4.69) is 64.7 Å².